The van der Waals surface area contributed by atoms with Crippen LogP contribution in [0.1, 0.15) is 41.6 Å². The number of carbonyl (C=O) groups excluding carboxylic acids is 1. The SMILES string of the molecule is CS(=O)(=O)N1CCc2cc(C(=O)Nc3ccc(O[C@@H]4CCCC[C@@H]4O)cc3)ccc21. The fourth-order valence-corrected chi connectivity index (χ4v) is 5.03. The maximum atomic E-state index is 12.6. The highest BCUT2D eigenvalue weighted by Gasteiger charge is 2.27. The van der Waals surface area contributed by atoms with Crippen molar-refractivity contribution in [1.29, 1.82) is 0 Å². The number of hydrogen-bond acceptors (Lipinski definition) is 5. The number of anilines is 2. The lowest BCUT2D eigenvalue weighted by Crippen LogP contribution is -2.34. The lowest BCUT2D eigenvalue weighted by molar-refractivity contribution is 0.00688. The number of nitrogens with one attached hydrogen (secondary N) is 1. The lowest BCUT2D eigenvalue weighted by atomic mass is 9.95. The molecule has 0 spiro atoms. The van der Waals surface area contributed by atoms with E-state index >= 15 is 0 Å². The molecule has 1 aliphatic carbocycles. The van der Waals surface area contributed by atoms with E-state index in [2.05, 4.69) is 5.32 Å². The third kappa shape index (κ3) is 4.44. The molecule has 0 saturated heterocycles. The van der Waals surface area contributed by atoms with E-state index in [1.54, 1.807) is 42.5 Å². The average Bonchev–Trinajstić information content (AvgIpc) is 3.15. The van der Waals surface area contributed by atoms with Crippen molar-refractivity contribution < 1.29 is 23.1 Å². The minimum absolute atomic E-state index is 0.183. The topological polar surface area (TPSA) is 95.9 Å². The molecule has 1 heterocycles. The minimum atomic E-state index is -3.31. The Morgan fingerprint density at radius 1 is 1.13 bits per heavy atom. The smallest absolute Gasteiger partial charge is 0.255 e. The second-order valence-corrected chi connectivity index (χ2v) is 9.82. The summed E-state index contributed by atoms with van der Waals surface area (Å²) in [4.78, 5) is 12.6. The highest BCUT2D eigenvalue weighted by Crippen LogP contribution is 2.31. The van der Waals surface area contributed by atoms with E-state index in [9.17, 15) is 18.3 Å². The summed E-state index contributed by atoms with van der Waals surface area (Å²) in [6.45, 7) is 0.399. The van der Waals surface area contributed by atoms with Crippen molar-refractivity contribution in [3.8, 4) is 5.75 Å². The number of hydrogen-bond donors (Lipinski definition) is 2. The zero-order valence-corrected chi connectivity index (χ0v) is 17.7. The standard InChI is InChI=1S/C22H26N2O5S/c1-30(27,28)24-13-12-15-14-16(6-11-19(15)24)22(26)23-17-7-9-18(10-8-17)29-21-5-3-2-4-20(21)25/h6-11,14,20-21,25H,2-5,12-13H2,1H3,(H,23,26)/t20-,21+/m0/s1. The first-order chi connectivity index (χ1) is 14.3. The molecule has 30 heavy (non-hydrogen) atoms. The Hall–Kier alpha value is -2.58. The van der Waals surface area contributed by atoms with E-state index in [0.29, 0.717) is 35.7 Å². The molecule has 0 bridgehead atoms. The van der Waals surface area contributed by atoms with Gasteiger partial charge in [0.25, 0.3) is 5.91 Å². The molecule has 0 radical (unpaired) electrons. The van der Waals surface area contributed by atoms with Gasteiger partial charge in [-0.25, -0.2) is 8.42 Å². The van der Waals surface area contributed by atoms with Gasteiger partial charge in [-0.1, -0.05) is 6.42 Å². The predicted molar refractivity (Wildman–Crippen MR) is 116 cm³/mol. The van der Waals surface area contributed by atoms with Crippen LogP contribution in [0.3, 0.4) is 0 Å². The quantitative estimate of drug-likeness (QED) is 0.760. The Bertz CT molecular complexity index is 1040. The molecule has 2 atom stereocenters. The molecule has 1 fully saturated rings. The Balaban J connectivity index is 1.41. The molecular formula is C22H26N2O5S. The third-order valence-electron chi connectivity index (χ3n) is 5.66. The van der Waals surface area contributed by atoms with Crippen LogP contribution in [0.15, 0.2) is 42.5 Å². The van der Waals surface area contributed by atoms with Gasteiger partial charge >= 0.3 is 0 Å². The van der Waals surface area contributed by atoms with Crippen molar-refractivity contribution in [1.82, 2.24) is 0 Å². The summed E-state index contributed by atoms with van der Waals surface area (Å²) < 4.78 is 31.0. The van der Waals surface area contributed by atoms with E-state index in [4.69, 9.17) is 4.74 Å². The van der Waals surface area contributed by atoms with Crippen LogP contribution in [0.2, 0.25) is 0 Å². The van der Waals surface area contributed by atoms with Gasteiger partial charge in [0.05, 0.1) is 18.0 Å². The number of amides is 1. The van der Waals surface area contributed by atoms with E-state index in [1.807, 2.05) is 0 Å². The first kappa shape index (κ1) is 20.7. The fourth-order valence-electron chi connectivity index (χ4n) is 4.07. The monoisotopic (exact) mass is 430 g/mol. The molecule has 4 rings (SSSR count). The average molecular weight is 431 g/mol. The number of aliphatic hydroxyl groups is 1. The summed E-state index contributed by atoms with van der Waals surface area (Å²) in [6, 6.07) is 12.2. The number of sulfonamides is 1. The molecule has 8 heteroatoms. The Morgan fingerprint density at radius 2 is 1.87 bits per heavy atom. The van der Waals surface area contributed by atoms with Crippen molar-refractivity contribution in [2.24, 2.45) is 0 Å². The largest absolute Gasteiger partial charge is 0.488 e. The summed E-state index contributed by atoms with van der Waals surface area (Å²) in [5, 5.41) is 12.9. The molecule has 1 amide bonds. The van der Waals surface area contributed by atoms with Crippen LogP contribution in [0.5, 0.6) is 5.75 Å². The molecule has 0 unspecified atom stereocenters. The van der Waals surface area contributed by atoms with Gasteiger partial charge in [0.1, 0.15) is 11.9 Å². The van der Waals surface area contributed by atoms with E-state index < -0.39 is 16.1 Å². The van der Waals surface area contributed by atoms with Gasteiger partial charge in [-0.2, -0.15) is 0 Å². The second kappa shape index (κ2) is 8.28. The van der Waals surface area contributed by atoms with Crippen LogP contribution in [0.25, 0.3) is 0 Å². The second-order valence-electron chi connectivity index (χ2n) is 7.92. The van der Waals surface area contributed by atoms with Gasteiger partial charge in [0, 0.05) is 17.8 Å². The van der Waals surface area contributed by atoms with Crippen molar-refractivity contribution in [3.63, 3.8) is 0 Å². The normalized spacial score (nSPS) is 21.2. The maximum Gasteiger partial charge on any atom is 0.255 e. The van der Waals surface area contributed by atoms with Crippen molar-refractivity contribution in [2.45, 2.75) is 44.3 Å². The van der Waals surface area contributed by atoms with Gasteiger partial charge in [-0.15, -0.1) is 0 Å². The molecule has 1 saturated carbocycles. The molecule has 160 valence electrons. The molecule has 2 aromatic rings. The van der Waals surface area contributed by atoms with E-state index in [-0.39, 0.29) is 12.0 Å². The van der Waals surface area contributed by atoms with Crippen LogP contribution >= 0.6 is 0 Å². The molecule has 7 nitrogen and oxygen atoms in total. The minimum Gasteiger partial charge on any atom is -0.488 e. The lowest BCUT2D eigenvalue weighted by Gasteiger charge is -2.28. The zero-order chi connectivity index (χ0) is 21.3. The van der Waals surface area contributed by atoms with Gasteiger partial charge in [0.15, 0.2) is 0 Å². The Morgan fingerprint density at radius 3 is 2.57 bits per heavy atom. The highest BCUT2D eigenvalue weighted by molar-refractivity contribution is 7.92. The summed E-state index contributed by atoms with van der Waals surface area (Å²) >= 11 is 0. The van der Waals surface area contributed by atoms with E-state index in [1.165, 1.54) is 10.6 Å². The number of fused-ring (bicyclic) bond motifs is 1. The maximum absolute atomic E-state index is 12.6. The number of benzene rings is 2. The molecule has 2 aliphatic rings. The van der Waals surface area contributed by atoms with Crippen LogP contribution in [0, 0.1) is 0 Å². The van der Waals surface area contributed by atoms with Crippen molar-refractivity contribution in [3.05, 3.63) is 53.6 Å². The molecule has 2 aromatic carbocycles. The van der Waals surface area contributed by atoms with E-state index in [0.717, 1.165) is 31.2 Å². The summed E-state index contributed by atoms with van der Waals surface area (Å²) in [6.07, 6.45) is 4.84. The predicted octanol–water partition coefficient (Wildman–Crippen LogP) is 2.94. The first-order valence-electron chi connectivity index (χ1n) is 10.2. The molecular weight excluding hydrogens is 404 g/mol. The highest BCUT2D eigenvalue weighted by atomic mass is 32.2. The van der Waals surface area contributed by atoms with Crippen LogP contribution in [-0.2, 0) is 16.4 Å². The first-order valence-corrected chi connectivity index (χ1v) is 12.0. The molecule has 0 aromatic heterocycles. The van der Waals surface area contributed by atoms with Gasteiger partial charge < -0.3 is 15.2 Å². The van der Waals surface area contributed by atoms with Crippen LogP contribution in [-0.4, -0.2) is 44.4 Å². The van der Waals surface area contributed by atoms with Gasteiger partial charge in [-0.3, -0.25) is 9.10 Å². The number of aliphatic hydroxyl groups excluding tert-OH is 1. The third-order valence-corrected chi connectivity index (χ3v) is 6.84. The number of rotatable bonds is 5. The van der Waals surface area contributed by atoms with Gasteiger partial charge in [-0.05, 0) is 73.7 Å². The number of nitrogens with zero attached hydrogens (tertiary/aromatic N) is 1. The Labute approximate surface area is 176 Å². The summed E-state index contributed by atoms with van der Waals surface area (Å²) in [7, 11) is -3.31. The number of ether oxygens (including phenoxy) is 1. The van der Waals surface area contributed by atoms with Crippen molar-refractivity contribution in [2.75, 3.05) is 22.4 Å². The summed E-state index contributed by atoms with van der Waals surface area (Å²) in [5.74, 6) is 0.407. The van der Waals surface area contributed by atoms with Gasteiger partial charge in [0.2, 0.25) is 10.0 Å². The fraction of sp³-hybridized carbons (Fsp3) is 0.409. The molecule has 1 aliphatic heterocycles. The van der Waals surface area contributed by atoms with Crippen molar-refractivity contribution >= 4 is 27.3 Å². The number of carbonyl (C=O) groups is 1. The molecule has 2 N–H and O–H groups in total. The van der Waals surface area contributed by atoms with Crippen LogP contribution < -0.4 is 14.4 Å². The van der Waals surface area contributed by atoms with Crippen LogP contribution in [0.4, 0.5) is 11.4 Å². The summed E-state index contributed by atoms with van der Waals surface area (Å²) in [5.41, 5.74) is 2.60. The Kier molecular flexibility index (Phi) is 5.71. The zero-order valence-electron chi connectivity index (χ0n) is 16.9.